The number of carbonyl (C=O) groups is 3. The third-order valence-corrected chi connectivity index (χ3v) is 5.52. The third-order valence-electron chi connectivity index (χ3n) is 5.52. The lowest BCUT2D eigenvalue weighted by atomic mass is 10.0. The monoisotopic (exact) mass is 392 g/mol. The van der Waals surface area contributed by atoms with Crippen molar-refractivity contribution in [3.63, 3.8) is 0 Å². The summed E-state index contributed by atoms with van der Waals surface area (Å²) < 4.78 is 5.50. The average molecular weight is 392 g/mol. The van der Waals surface area contributed by atoms with E-state index < -0.39 is 12.1 Å². The second-order valence-corrected chi connectivity index (χ2v) is 7.55. The minimum atomic E-state index is -0.722. The van der Waals surface area contributed by atoms with Crippen LogP contribution in [-0.2, 0) is 32.0 Å². The lowest BCUT2D eigenvalue weighted by Crippen LogP contribution is -2.53. The molecule has 0 saturated carbocycles. The molecule has 2 amide bonds. The molecule has 6 nitrogen and oxygen atoms in total. The zero-order chi connectivity index (χ0) is 20.2. The summed E-state index contributed by atoms with van der Waals surface area (Å²) in [6.07, 6.45) is 1.01. The van der Waals surface area contributed by atoms with E-state index >= 15 is 0 Å². The van der Waals surface area contributed by atoms with Gasteiger partial charge in [-0.3, -0.25) is 14.4 Å². The summed E-state index contributed by atoms with van der Waals surface area (Å²) in [5, 5.41) is 2.90. The molecule has 3 atom stereocenters. The van der Waals surface area contributed by atoms with Gasteiger partial charge in [0, 0.05) is 13.0 Å². The lowest BCUT2D eigenvalue weighted by molar-refractivity contribution is -0.139. The van der Waals surface area contributed by atoms with Crippen LogP contribution in [0, 0.1) is 0 Å². The van der Waals surface area contributed by atoms with Crippen molar-refractivity contribution in [3.05, 3.63) is 71.8 Å². The quantitative estimate of drug-likeness (QED) is 0.809. The average Bonchev–Trinajstić information content (AvgIpc) is 3.31. The number of rotatable bonds is 6. The topological polar surface area (TPSA) is 75.7 Å². The maximum atomic E-state index is 13.3. The van der Waals surface area contributed by atoms with E-state index in [0.29, 0.717) is 19.4 Å². The first-order valence-electron chi connectivity index (χ1n) is 9.94. The second kappa shape index (κ2) is 8.57. The van der Waals surface area contributed by atoms with Crippen LogP contribution >= 0.6 is 0 Å². The van der Waals surface area contributed by atoms with E-state index in [1.807, 2.05) is 60.7 Å². The summed E-state index contributed by atoms with van der Waals surface area (Å²) >= 11 is 0. The van der Waals surface area contributed by atoms with Gasteiger partial charge in [-0.05, 0) is 17.5 Å². The van der Waals surface area contributed by atoms with Gasteiger partial charge in [-0.1, -0.05) is 60.7 Å². The second-order valence-electron chi connectivity index (χ2n) is 7.55. The van der Waals surface area contributed by atoms with Crippen molar-refractivity contribution in [2.24, 2.45) is 0 Å². The van der Waals surface area contributed by atoms with Crippen LogP contribution in [0.25, 0.3) is 0 Å². The molecule has 2 heterocycles. The highest BCUT2D eigenvalue weighted by molar-refractivity contribution is 5.95. The third kappa shape index (κ3) is 4.38. The van der Waals surface area contributed by atoms with Gasteiger partial charge in [0.1, 0.15) is 18.7 Å². The Morgan fingerprint density at radius 2 is 1.69 bits per heavy atom. The van der Waals surface area contributed by atoms with Crippen LogP contribution in [0.5, 0.6) is 0 Å². The predicted octanol–water partition coefficient (Wildman–Crippen LogP) is 1.53. The van der Waals surface area contributed by atoms with Gasteiger partial charge in [0.15, 0.2) is 5.78 Å². The summed E-state index contributed by atoms with van der Waals surface area (Å²) in [6.45, 7) is 0.530. The molecule has 150 valence electrons. The van der Waals surface area contributed by atoms with Gasteiger partial charge in [-0.25, -0.2) is 0 Å². The summed E-state index contributed by atoms with van der Waals surface area (Å²) in [7, 11) is 0. The normalized spacial score (nSPS) is 21.7. The van der Waals surface area contributed by atoms with Crippen LogP contribution in [0.2, 0.25) is 0 Å². The fourth-order valence-corrected chi connectivity index (χ4v) is 4.12. The van der Waals surface area contributed by atoms with Crippen LogP contribution in [0.4, 0.5) is 0 Å². The van der Waals surface area contributed by atoms with Crippen molar-refractivity contribution in [2.75, 3.05) is 13.2 Å². The van der Waals surface area contributed by atoms with Gasteiger partial charge in [-0.15, -0.1) is 0 Å². The van der Waals surface area contributed by atoms with Crippen LogP contribution < -0.4 is 5.32 Å². The van der Waals surface area contributed by atoms with Crippen LogP contribution in [0.1, 0.15) is 17.5 Å². The van der Waals surface area contributed by atoms with E-state index in [-0.39, 0.29) is 36.7 Å². The van der Waals surface area contributed by atoms with Crippen molar-refractivity contribution < 1.29 is 19.1 Å². The largest absolute Gasteiger partial charge is 0.368 e. The Morgan fingerprint density at radius 3 is 2.38 bits per heavy atom. The number of hydrogen-bond acceptors (Lipinski definition) is 4. The Kier molecular flexibility index (Phi) is 5.71. The van der Waals surface area contributed by atoms with Gasteiger partial charge >= 0.3 is 0 Å². The fourth-order valence-electron chi connectivity index (χ4n) is 4.12. The first-order valence-corrected chi connectivity index (χ1v) is 9.94. The Balaban J connectivity index is 1.51. The molecule has 29 heavy (non-hydrogen) atoms. The molecule has 4 rings (SSSR count). The van der Waals surface area contributed by atoms with Gasteiger partial charge in [0.2, 0.25) is 11.8 Å². The Morgan fingerprint density at radius 1 is 1.03 bits per heavy atom. The molecule has 0 bridgehead atoms. The van der Waals surface area contributed by atoms with Crippen LogP contribution in [0.15, 0.2) is 60.7 Å². The predicted molar refractivity (Wildman–Crippen MR) is 107 cm³/mol. The van der Waals surface area contributed by atoms with E-state index in [0.717, 1.165) is 11.1 Å². The van der Waals surface area contributed by atoms with Crippen molar-refractivity contribution in [3.8, 4) is 0 Å². The molecule has 6 heteroatoms. The summed E-state index contributed by atoms with van der Waals surface area (Å²) in [5.74, 6) is -0.494. The molecular weight excluding hydrogens is 368 g/mol. The molecule has 1 N–H and O–H groups in total. The number of amides is 2. The number of hydrogen-bond donors (Lipinski definition) is 1. The summed E-state index contributed by atoms with van der Waals surface area (Å²) in [5.41, 5.74) is 1.84. The highest BCUT2D eigenvalue weighted by Crippen LogP contribution is 2.27. The maximum Gasteiger partial charge on any atom is 0.246 e. The van der Waals surface area contributed by atoms with E-state index in [2.05, 4.69) is 5.32 Å². The molecule has 0 radical (unpaired) electrons. The number of benzene rings is 2. The molecule has 0 unspecified atom stereocenters. The minimum Gasteiger partial charge on any atom is -0.368 e. The van der Waals surface area contributed by atoms with E-state index in [1.165, 1.54) is 0 Å². The molecule has 2 aromatic carbocycles. The number of ketones is 1. The van der Waals surface area contributed by atoms with Gasteiger partial charge in [0.05, 0.1) is 12.5 Å². The number of Topliss-reactive ketones (excluding diaryl/α,β-unsaturated/α-hetero) is 1. The molecule has 2 aromatic rings. The molecule has 2 saturated heterocycles. The zero-order valence-electron chi connectivity index (χ0n) is 16.1. The van der Waals surface area contributed by atoms with Crippen molar-refractivity contribution >= 4 is 17.6 Å². The summed E-state index contributed by atoms with van der Waals surface area (Å²) in [6, 6.07) is 17.8. The molecular formula is C23H24N2O4. The first kappa shape index (κ1) is 19.3. The SMILES string of the molecule is O=C(Cc1ccccc1)N[C@@H](Cc1ccccc1)C(=O)N1CC[C@H]2OCC(=O)[C@H]21. The van der Waals surface area contributed by atoms with Gasteiger partial charge in [0.25, 0.3) is 0 Å². The molecule has 2 aliphatic heterocycles. The van der Waals surface area contributed by atoms with Crippen LogP contribution in [0.3, 0.4) is 0 Å². The number of carbonyl (C=O) groups excluding carboxylic acids is 3. The van der Waals surface area contributed by atoms with E-state index in [4.69, 9.17) is 4.74 Å². The minimum absolute atomic E-state index is 0.0584. The molecule has 2 aliphatic rings. The molecule has 0 spiro atoms. The number of likely N-dealkylation sites (tertiary alicyclic amines) is 1. The maximum absolute atomic E-state index is 13.3. The Hall–Kier alpha value is -2.99. The summed E-state index contributed by atoms with van der Waals surface area (Å²) in [4.78, 5) is 39.8. The van der Waals surface area contributed by atoms with E-state index in [9.17, 15) is 14.4 Å². The van der Waals surface area contributed by atoms with Gasteiger partial charge < -0.3 is 15.0 Å². The standard InChI is InChI=1S/C23H24N2O4/c26-19-15-29-20-11-12-25(22(19)20)23(28)18(13-16-7-3-1-4-8-16)24-21(27)14-17-9-5-2-6-10-17/h1-10,18,20,22H,11-15H2,(H,24,27)/t18-,20+,22+/m0/s1. The van der Waals surface area contributed by atoms with Gasteiger partial charge in [-0.2, -0.15) is 0 Å². The number of fused-ring (bicyclic) bond motifs is 1. The lowest BCUT2D eigenvalue weighted by Gasteiger charge is -2.27. The van der Waals surface area contributed by atoms with Crippen molar-refractivity contribution in [1.29, 1.82) is 0 Å². The van der Waals surface area contributed by atoms with Crippen molar-refractivity contribution in [1.82, 2.24) is 10.2 Å². The molecule has 0 aliphatic carbocycles. The van der Waals surface area contributed by atoms with E-state index in [1.54, 1.807) is 4.90 Å². The highest BCUT2D eigenvalue weighted by Gasteiger charge is 2.47. The molecule has 0 aromatic heterocycles. The smallest absolute Gasteiger partial charge is 0.246 e. The first-order chi connectivity index (χ1) is 14.1. The number of nitrogens with zero attached hydrogens (tertiary/aromatic N) is 1. The fraction of sp³-hybridized carbons (Fsp3) is 0.348. The van der Waals surface area contributed by atoms with Crippen molar-refractivity contribution in [2.45, 2.75) is 37.5 Å². The Bertz CT molecular complexity index is 884. The zero-order valence-corrected chi connectivity index (χ0v) is 16.1. The highest BCUT2D eigenvalue weighted by atomic mass is 16.5. The van der Waals surface area contributed by atoms with Crippen LogP contribution in [-0.4, -0.2) is 53.8 Å². The Labute approximate surface area is 169 Å². The molecule has 2 fully saturated rings. The number of nitrogens with one attached hydrogen (secondary N) is 1. The number of ether oxygens (including phenoxy) is 1.